The molecule has 158 valence electrons. The van der Waals surface area contributed by atoms with Gasteiger partial charge in [-0.15, -0.1) is 0 Å². The molecule has 5 rings (SSSR count). The van der Waals surface area contributed by atoms with Gasteiger partial charge in [-0.05, 0) is 30.7 Å². The molecule has 0 amide bonds. The molecule has 0 saturated carbocycles. The predicted molar refractivity (Wildman–Crippen MR) is 122 cm³/mol. The summed E-state index contributed by atoms with van der Waals surface area (Å²) < 4.78 is 32.2. The topological polar surface area (TPSA) is 71.0 Å². The Morgan fingerprint density at radius 1 is 1.03 bits per heavy atom. The van der Waals surface area contributed by atoms with E-state index in [1.54, 1.807) is 6.07 Å². The number of hydrogen-bond acceptors (Lipinski definition) is 5. The molecule has 0 radical (unpaired) electrons. The zero-order chi connectivity index (χ0) is 21.6. The molecular weight excluding hydrogens is 410 g/mol. The molecule has 7 heteroatoms. The second kappa shape index (κ2) is 7.42. The fourth-order valence-electron chi connectivity index (χ4n) is 4.14. The maximum Gasteiger partial charge on any atom is 0.229 e. The third-order valence-corrected chi connectivity index (χ3v) is 6.17. The Labute approximate surface area is 182 Å². The minimum absolute atomic E-state index is 0.0535. The first-order valence-corrected chi connectivity index (χ1v) is 12.0. The second-order valence-electron chi connectivity index (χ2n) is 8.02. The number of anilines is 1. The van der Waals surface area contributed by atoms with Gasteiger partial charge in [-0.3, -0.25) is 4.72 Å². The molecule has 2 heterocycles. The fourth-order valence-corrected chi connectivity index (χ4v) is 4.69. The van der Waals surface area contributed by atoms with Crippen LogP contribution in [0.4, 0.5) is 5.69 Å². The predicted octanol–water partition coefficient (Wildman–Crippen LogP) is 4.61. The lowest BCUT2D eigenvalue weighted by Crippen LogP contribution is -2.33. The van der Waals surface area contributed by atoms with Crippen LogP contribution in [0.2, 0.25) is 0 Å². The number of hydrazone groups is 1. The summed E-state index contributed by atoms with van der Waals surface area (Å²) in [5, 5.41) is 6.97. The monoisotopic (exact) mass is 433 g/mol. The van der Waals surface area contributed by atoms with Crippen LogP contribution in [0.25, 0.3) is 0 Å². The first-order valence-electron chi connectivity index (χ1n) is 10.1. The lowest BCUT2D eigenvalue weighted by atomic mass is 9.95. The molecule has 6 nitrogen and oxygen atoms in total. The minimum atomic E-state index is -3.35. The average molecular weight is 434 g/mol. The Morgan fingerprint density at radius 3 is 2.58 bits per heavy atom. The van der Waals surface area contributed by atoms with Gasteiger partial charge in [0, 0.05) is 23.2 Å². The van der Waals surface area contributed by atoms with Gasteiger partial charge in [-0.25, -0.2) is 13.4 Å². The quantitative estimate of drug-likeness (QED) is 0.652. The summed E-state index contributed by atoms with van der Waals surface area (Å²) in [6.45, 7) is 2.06. The molecule has 31 heavy (non-hydrogen) atoms. The highest BCUT2D eigenvalue weighted by Gasteiger charge is 2.40. The van der Waals surface area contributed by atoms with Gasteiger partial charge in [-0.2, -0.15) is 5.10 Å². The van der Waals surface area contributed by atoms with Crippen LogP contribution >= 0.6 is 0 Å². The SMILES string of the molecule is Cc1ccc([C@@H]2Oc3ccccc3[C@@H]3CC(c4cccc(NS(C)(=O)=O)c4)=NN32)cc1. The van der Waals surface area contributed by atoms with Crippen molar-refractivity contribution in [3.63, 3.8) is 0 Å². The number of benzene rings is 3. The van der Waals surface area contributed by atoms with E-state index in [0.29, 0.717) is 12.1 Å². The van der Waals surface area contributed by atoms with Crippen molar-refractivity contribution in [1.29, 1.82) is 0 Å². The minimum Gasteiger partial charge on any atom is -0.464 e. The molecule has 2 atom stereocenters. The second-order valence-corrected chi connectivity index (χ2v) is 9.77. The van der Waals surface area contributed by atoms with E-state index in [1.807, 2.05) is 41.4 Å². The molecule has 3 aromatic carbocycles. The summed E-state index contributed by atoms with van der Waals surface area (Å²) in [7, 11) is -3.35. The summed E-state index contributed by atoms with van der Waals surface area (Å²) >= 11 is 0. The number of nitrogens with zero attached hydrogens (tertiary/aromatic N) is 2. The van der Waals surface area contributed by atoms with Crippen LogP contribution in [0.15, 0.2) is 77.9 Å². The van der Waals surface area contributed by atoms with E-state index in [9.17, 15) is 8.42 Å². The van der Waals surface area contributed by atoms with Gasteiger partial charge in [0.15, 0.2) is 0 Å². The Morgan fingerprint density at radius 2 is 1.81 bits per heavy atom. The number of fused-ring (bicyclic) bond motifs is 3. The van der Waals surface area contributed by atoms with E-state index in [4.69, 9.17) is 9.84 Å². The van der Waals surface area contributed by atoms with Crippen molar-refractivity contribution in [1.82, 2.24) is 5.01 Å². The molecule has 2 aliphatic rings. The molecule has 0 spiro atoms. The normalized spacial score (nSPS) is 19.8. The third kappa shape index (κ3) is 3.88. The summed E-state index contributed by atoms with van der Waals surface area (Å²) in [5.74, 6) is 0.873. The molecule has 0 saturated heterocycles. The van der Waals surface area contributed by atoms with Gasteiger partial charge in [0.25, 0.3) is 0 Å². The van der Waals surface area contributed by atoms with Crippen LogP contribution in [-0.2, 0) is 10.0 Å². The van der Waals surface area contributed by atoms with Crippen molar-refractivity contribution in [3.8, 4) is 5.75 Å². The van der Waals surface area contributed by atoms with E-state index in [1.165, 1.54) is 5.56 Å². The van der Waals surface area contributed by atoms with Crippen molar-refractivity contribution in [3.05, 3.63) is 95.1 Å². The van der Waals surface area contributed by atoms with Gasteiger partial charge in [-0.1, -0.05) is 60.2 Å². The third-order valence-electron chi connectivity index (χ3n) is 5.56. The maximum absolute atomic E-state index is 11.6. The molecule has 2 aliphatic heterocycles. The average Bonchev–Trinajstić information content (AvgIpc) is 3.19. The first-order chi connectivity index (χ1) is 14.9. The summed E-state index contributed by atoms with van der Waals surface area (Å²) in [6.07, 6.45) is 1.54. The smallest absolute Gasteiger partial charge is 0.229 e. The zero-order valence-electron chi connectivity index (χ0n) is 17.3. The molecule has 3 aromatic rings. The van der Waals surface area contributed by atoms with Gasteiger partial charge in [0.2, 0.25) is 16.3 Å². The molecule has 0 aliphatic carbocycles. The van der Waals surface area contributed by atoms with Crippen molar-refractivity contribution in [2.45, 2.75) is 25.6 Å². The van der Waals surface area contributed by atoms with E-state index < -0.39 is 10.0 Å². The van der Waals surface area contributed by atoms with Crippen LogP contribution in [0, 0.1) is 6.92 Å². The summed E-state index contributed by atoms with van der Waals surface area (Å²) in [4.78, 5) is 0. The largest absolute Gasteiger partial charge is 0.464 e. The number of hydrogen-bond donors (Lipinski definition) is 1. The van der Waals surface area contributed by atoms with E-state index >= 15 is 0 Å². The molecule has 1 N–H and O–H groups in total. The van der Waals surface area contributed by atoms with Gasteiger partial charge in [0.05, 0.1) is 18.0 Å². The first kappa shape index (κ1) is 19.6. The highest BCUT2D eigenvalue weighted by molar-refractivity contribution is 7.92. The lowest BCUT2D eigenvalue weighted by molar-refractivity contribution is -0.0190. The molecule has 0 bridgehead atoms. The molecule has 0 unspecified atom stereocenters. The molecular formula is C24H23N3O3S. The number of aryl methyl sites for hydroxylation is 1. The number of nitrogens with one attached hydrogen (secondary N) is 1. The summed E-state index contributed by atoms with van der Waals surface area (Å²) in [5.41, 5.74) is 5.66. The molecule has 0 aromatic heterocycles. The van der Waals surface area contributed by atoms with Gasteiger partial charge in [0.1, 0.15) is 5.75 Å². The lowest BCUT2D eigenvalue weighted by Gasteiger charge is -2.38. The van der Waals surface area contributed by atoms with Crippen LogP contribution in [-0.4, -0.2) is 25.4 Å². The van der Waals surface area contributed by atoms with E-state index in [2.05, 4.69) is 42.0 Å². The Kier molecular flexibility index (Phi) is 4.70. The van der Waals surface area contributed by atoms with Crippen LogP contribution in [0.5, 0.6) is 5.75 Å². The van der Waals surface area contributed by atoms with E-state index in [-0.39, 0.29) is 12.3 Å². The highest BCUT2D eigenvalue weighted by Crippen LogP contribution is 2.47. The Balaban J connectivity index is 1.54. The van der Waals surface area contributed by atoms with E-state index in [0.717, 1.165) is 34.4 Å². The number of sulfonamides is 1. The standard InChI is InChI=1S/C24H23N3O3S/c1-16-10-12-17(13-11-16)24-27-22(20-8-3-4-9-23(20)30-24)15-21(25-27)18-6-5-7-19(14-18)26-31(2,28)29/h3-14,22,24,26H,15H2,1-2H3/t22-,24-/m0/s1. The van der Waals surface area contributed by atoms with Gasteiger partial charge >= 0.3 is 0 Å². The van der Waals surface area contributed by atoms with Crippen molar-refractivity contribution < 1.29 is 13.2 Å². The molecule has 0 fully saturated rings. The maximum atomic E-state index is 11.6. The van der Waals surface area contributed by atoms with Crippen molar-refractivity contribution in [2.75, 3.05) is 11.0 Å². The van der Waals surface area contributed by atoms with Crippen molar-refractivity contribution in [2.24, 2.45) is 5.10 Å². The Hall–Kier alpha value is -3.32. The van der Waals surface area contributed by atoms with Crippen LogP contribution in [0.3, 0.4) is 0 Å². The van der Waals surface area contributed by atoms with Crippen molar-refractivity contribution >= 4 is 21.4 Å². The van der Waals surface area contributed by atoms with Gasteiger partial charge < -0.3 is 4.74 Å². The fraction of sp³-hybridized carbons (Fsp3) is 0.208. The number of rotatable bonds is 4. The highest BCUT2D eigenvalue weighted by atomic mass is 32.2. The van der Waals surface area contributed by atoms with Crippen LogP contribution < -0.4 is 9.46 Å². The summed E-state index contributed by atoms with van der Waals surface area (Å²) in [6, 6.07) is 23.8. The zero-order valence-corrected chi connectivity index (χ0v) is 18.1. The number of para-hydroxylation sites is 1. The number of ether oxygens (including phenoxy) is 1. The Bertz CT molecular complexity index is 1270. The van der Waals surface area contributed by atoms with Crippen LogP contribution in [0.1, 0.15) is 40.9 Å².